The zero-order valence-corrected chi connectivity index (χ0v) is 21.0. The SMILES string of the molecule is Cc1ccc(NC(=O)COC(=O)c2cc(S(=O)(=O)N3CCCCC3)ccc2N2CCCCC2)cc1. The summed E-state index contributed by atoms with van der Waals surface area (Å²) in [7, 11) is -3.71. The number of ether oxygens (including phenoxy) is 1. The van der Waals surface area contributed by atoms with Crippen LogP contribution >= 0.6 is 0 Å². The lowest BCUT2D eigenvalue weighted by Gasteiger charge is -2.31. The van der Waals surface area contributed by atoms with Gasteiger partial charge in [0.2, 0.25) is 10.0 Å². The summed E-state index contributed by atoms with van der Waals surface area (Å²) in [4.78, 5) is 27.6. The Labute approximate surface area is 207 Å². The van der Waals surface area contributed by atoms with Crippen molar-refractivity contribution in [3.63, 3.8) is 0 Å². The minimum absolute atomic E-state index is 0.0798. The smallest absolute Gasteiger partial charge is 0.340 e. The van der Waals surface area contributed by atoms with Gasteiger partial charge in [0.15, 0.2) is 6.61 Å². The van der Waals surface area contributed by atoms with Crippen molar-refractivity contribution in [2.24, 2.45) is 0 Å². The highest BCUT2D eigenvalue weighted by Gasteiger charge is 2.29. The molecule has 8 nitrogen and oxygen atoms in total. The average molecular weight is 500 g/mol. The quantitative estimate of drug-likeness (QED) is 0.580. The van der Waals surface area contributed by atoms with Gasteiger partial charge in [0.05, 0.1) is 16.1 Å². The van der Waals surface area contributed by atoms with Crippen molar-refractivity contribution in [2.75, 3.05) is 43.0 Å². The minimum Gasteiger partial charge on any atom is -0.452 e. The molecule has 0 aliphatic carbocycles. The van der Waals surface area contributed by atoms with E-state index >= 15 is 0 Å². The lowest BCUT2D eigenvalue weighted by atomic mass is 10.1. The number of carbonyl (C=O) groups excluding carboxylic acids is 2. The summed E-state index contributed by atoms with van der Waals surface area (Å²) >= 11 is 0. The zero-order chi connectivity index (χ0) is 24.8. The Hall–Kier alpha value is -2.91. The number of amides is 1. The van der Waals surface area contributed by atoms with E-state index in [4.69, 9.17) is 4.74 Å². The Morgan fingerprint density at radius 3 is 2.17 bits per heavy atom. The van der Waals surface area contributed by atoms with Crippen molar-refractivity contribution >= 4 is 33.3 Å². The van der Waals surface area contributed by atoms with Crippen molar-refractivity contribution in [1.29, 1.82) is 0 Å². The van der Waals surface area contributed by atoms with E-state index in [1.54, 1.807) is 24.3 Å². The number of esters is 1. The van der Waals surface area contributed by atoms with Gasteiger partial charge in [0.25, 0.3) is 5.91 Å². The molecule has 1 amide bonds. The number of carbonyl (C=O) groups is 2. The van der Waals surface area contributed by atoms with Crippen molar-refractivity contribution in [1.82, 2.24) is 4.31 Å². The molecule has 0 atom stereocenters. The number of piperidine rings is 2. The first-order chi connectivity index (χ1) is 16.8. The van der Waals surface area contributed by atoms with Crippen LogP contribution in [0.1, 0.15) is 54.4 Å². The average Bonchev–Trinajstić information content (AvgIpc) is 2.89. The van der Waals surface area contributed by atoms with Crippen LogP contribution in [0.25, 0.3) is 0 Å². The maximum Gasteiger partial charge on any atom is 0.340 e. The fraction of sp³-hybridized carbons (Fsp3) is 0.462. The summed E-state index contributed by atoms with van der Waals surface area (Å²) < 4.78 is 33.3. The molecule has 0 spiro atoms. The standard InChI is InChI=1S/C26H33N3O5S/c1-20-8-10-21(11-9-20)27-25(30)19-34-26(31)23-18-22(35(32,33)29-16-6-3-7-17-29)12-13-24(23)28-14-4-2-5-15-28/h8-13,18H,2-7,14-17,19H2,1H3,(H,27,30). The van der Waals surface area contributed by atoms with Crippen molar-refractivity contribution in [2.45, 2.75) is 50.3 Å². The normalized spacial score (nSPS) is 17.1. The number of hydrogen-bond donors (Lipinski definition) is 1. The van der Waals surface area contributed by atoms with Gasteiger partial charge < -0.3 is 15.0 Å². The van der Waals surface area contributed by atoms with Gasteiger partial charge in [-0.05, 0) is 69.4 Å². The Kier molecular flexibility index (Phi) is 8.07. The number of benzene rings is 2. The highest BCUT2D eigenvalue weighted by Crippen LogP contribution is 2.29. The van der Waals surface area contributed by atoms with E-state index in [9.17, 15) is 18.0 Å². The van der Waals surface area contributed by atoms with Gasteiger partial charge in [-0.3, -0.25) is 4.79 Å². The van der Waals surface area contributed by atoms with Gasteiger partial charge in [0, 0.05) is 31.9 Å². The van der Waals surface area contributed by atoms with E-state index in [1.165, 1.54) is 10.4 Å². The first kappa shape index (κ1) is 25.2. The van der Waals surface area contributed by atoms with Gasteiger partial charge in [-0.1, -0.05) is 24.1 Å². The minimum atomic E-state index is -3.71. The van der Waals surface area contributed by atoms with Crippen LogP contribution in [0.2, 0.25) is 0 Å². The Morgan fingerprint density at radius 2 is 1.51 bits per heavy atom. The number of aryl methyl sites for hydroxylation is 1. The van der Waals surface area contributed by atoms with E-state index in [-0.39, 0.29) is 10.5 Å². The predicted molar refractivity (Wildman–Crippen MR) is 135 cm³/mol. The third-order valence-corrected chi connectivity index (χ3v) is 8.40. The summed E-state index contributed by atoms with van der Waals surface area (Å²) in [5, 5.41) is 2.70. The van der Waals surface area contributed by atoms with Gasteiger partial charge in [-0.15, -0.1) is 0 Å². The van der Waals surface area contributed by atoms with Crippen LogP contribution in [-0.2, 0) is 19.6 Å². The number of nitrogens with zero attached hydrogens (tertiary/aromatic N) is 2. The summed E-state index contributed by atoms with van der Waals surface area (Å²) in [6.07, 6.45) is 5.80. The van der Waals surface area contributed by atoms with E-state index in [0.717, 1.165) is 57.2 Å². The summed E-state index contributed by atoms with van der Waals surface area (Å²) in [6, 6.07) is 12.0. The molecular formula is C26H33N3O5S. The monoisotopic (exact) mass is 499 g/mol. The predicted octanol–water partition coefficient (Wildman–Crippen LogP) is 3.96. The number of hydrogen-bond acceptors (Lipinski definition) is 6. The maximum atomic E-state index is 13.2. The fourth-order valence-corrected chi connectivity index (χ4v) is 6.09. The molecule has 188 valence electrons. The molecule has 0 unspecified atom stereocenters. The zero-order valence-electron chi connectivity index (χ0n) is 20.2. The second-order valence-electron chi connectivity index (χ2n) is 9.18. The van der Waals surface area contributed by atoms with Crippen molar-refractivity contribution in [3.05, 3.63) is 53.6 Å². The van der Waals surface area contributed by atoms with Crippen LogP contribution in [0.4, 0.5) is 11.4 Å². The van der Waals surface area contributed by atoms with Crippen LogP contribution in [0.3, 0.4) is 0 Å². The number of rotatable bonds is 7. The molecule has 2 aromatic carbocycles. The van der Waals surface area contributed by atoms with Crippen LogP contribution < -0.4 is 10.2 Å². The third kappa shape index (κ3) is 6.21. The van der Waals surface area contributed by atoms with Gasteiger partial charge in [-0.2, -0.15) is 4.31 Å². The summed E-state index contributed by atoms with van der Waals surface area (Å²) in [5.74, 6) is -1.17. The molecule has 0 radical (unpaired) electrons. The van der Waals surface area contributed by atoms with Crippen LogP contribution in [0.15, 0.2) is 47.4 Å². The van der Waals surface area contributed by atoms with Crippen molar-refractivity contribution < 1.29 is 22.7 Å². The van der Waals surface area contributed by atoms with E-state index in [0.29, 0.717) is 24.5 Å². The van der Waals surface area contributed by atoms with E-state index < -0.39 is 28.5 Å². The Balaban J connectivity index is 1.53. The molecule has 0 bridgehead atoms. The molecule has 2 saturated heterocycles. The van der Waals surface area contributed by atoms with E-state index in [1.807, 2.05) is 19.1 Å². The molecular weight excluding hydrogens is 466 g/mol. The molecule has 2 heterocycles. The molecule has 0 aromatic heterocycles. The lowest BCUT2D eigenvalue weighted by molar-refractivity contribution is -0.119. The maximum absolute atomic E-state index is 13.2. The van der Waals surface area contributed by atoms with Gasteiger partial charge in [-0.25, -0.2) is 13.2 Å². The molecule has 9 heteroatoms. The Bertz CT molecular complexity index is 1150. The second-order valence-corrected chi connectivity index (χ2v) is 11.1. The molecule has 0 saturated carbocycles. The van der Waals surface area contributed by atoms with Crippen molar-refractivity contribution in [3.8, 4) is 0 Å². The second kappa shape index (κ2) is 11.2. The van der Waals surface area contributed by atoms with Crippen LogP contribution in [0.5, 0.6) is 0 Å². The molecule has 2 fully saturated rings. The van der Waals surface area contributed by atoms with E-state index in [2.05, 4.69) is 10.2 Å². The third-order valence-electron chi connectivity index (χ3n) is 6.51. The number of anilines is 2. The number of nitrogens with one attached hydrogen (secondary N) is 1. The fourth-order valence-electron chi connectivity index (χ4n) is 4.55. The first-order valence-corrected chi connectivity index (χ1v) is 13.7. The van der Waals surface area contributed by atoms with Gasteiger partial charge >= 0.3 is 5.97 Å². The topological polar surface area (TPSA) is 96.0 Å². The summed E-state index contributed by atoms with van der Waals surface area (Å²) in [5.41, 5.74) is 2.50. The molecule has 4 rings (SSSR count). The molecule has 1 N–H and O–H groups in total. The molecule has 2 aliphatic heterocycles. The molecule has 2 aromatic rings. The van der Waals surface area contributed by atoms with Crippen LogP contribution in [-0.4, -0.2) is 57.4 Å². The Morgan fingerprint density at radius 1 is 0.886 bits per heavy atom. The highest BCUT2D eigenvalue weighted by molar-refractivity contribution is 7.89. The molecule has 2 aliphatic rings. The number of sulfonamides is 1. The highest BCUT2D eigenvalue weighted by atomic mass is 32.2. The largest absolute Gasteiger partial charge is 0.452 e. The first-order valence-electron chi connectivity index (χ1n) is 12.3. The van der Waals surface area contributed by atoms with Gasteiger partial charge in [0.1, 0.15) is 0 Å². The lowest BCUT2D eigenvalue weighted by Crippen LogP contribution is -2.36. The molecule has 35 heavy (non-hydrogen) atoms. The summed E-state index contributed by atoms with van der Waals surface area (Å²) in [6.45, 7) is 4.02. The van der Waals surface area contributed by atoms with Crippen LogP contribution in [0, 0.1) is 6.92 Å².